The Hall–Kier alpha value is -2.39. The van der Waals surface area contributed by atoms with Gasteiger partial charge in [0.05, 0.1) is 16.8 Å². The predicted molar refractivity (Wildman–Crippen MR) is 67.1 cm³/mol. The van der Waals surface area contributed by atoms with Crippen molar-refractivity contribution in [2.24, 2.45) is 0 Å². The van der Waals surface area contributed by atoms with Crippen LogP contribution in [0.2, 0.25) is 5.15 Å². The number of rotatable bonds is 1. The van der Waals surface area contributed by atoms with Crippen molar-refractivity contribution in [3.8, 4) is 11.8 Å². The maximum atomic E-state index is 13.2. The lowest BCUT2D eigenvalue weighted by molar-refractivity contribution is 0.623. The molecule has 0 unspecified atom stereocenters. The molecule has 1 N–H and O–H groups in total. The first-order valence-electron chi connectivity index (χ1n) is 5.17. The fourth-order valence-electron chi connectivity index (χ4n) is 1.57. The summed E-state index contributed by atoms with van der Waals surface area (Å²) in [4.78, 5) is 26.0. The van der Waals surface area contributed by atoms with E-state index in [1.165, 1.54) is 13.0 Å². The van der Waals surface area contributed by atoms with E-state index in [1.54, 1.807) is 6.07 Å². The van der Waals surface area contributed by atoms with Gasteiger partial charge in [0, 0.05) is 0 Å². The van der Waals surface area contributed by atoms with Crippen molar-refractivity contribution in [3.63, 3.8) is 0 Å². The summed E-state index contributed by atoms with van der Waals surface area (Å²) in [6.07, 6.45) is 0. The number of benzene rings is 1. The van der Waals surface area contributed by atoms with E-state index < -0.39 is 17.1 Å². The van der Waals surface area contributed by atoms with E-state index in [-0.39, 0.29) is 22.0 Å². The van der Waals surface area contributed by atoms with Crippen LogP contribution in [0, 0.1) is 24.1 Å². The highest BCUT2D eigenvalue weighted by molar-refractivity contribution is 6.30. The number of nitriles is 1. The lowest BCUT2D eigenvalue weighted by Gasteiger charge is -2.07. The molecule has 19 heavy (non-hydrogen) atoms. The van der Waals surface area contributed by atoms with E-state index in [4.69, 9.17) is 16.9 Å². The van der Waals surface area contributed by atoms with Crippen LogP contribution in [0.1, 0.15) is 11.1 Å². The average Bonchev–Trinajstić information content (AvgIpc) is 2.38. The smallest absolute Gasteiger partial charge is 0.297 e. The molecule has 0 spiro atoms. The highest BCUT2D eigenvalue weighted by Crippen LogP contribution is 2.12. The Morgan fingerprint density at radius 2 is 2.11 bits per heavy atom. The van der Waals surface area contributed by atoms with Crippen molar-refractivity contribution in [1.82, 2.24) is 9.55 Å². The van der Waals surface area contributed by atoms with Crippen LogP contribution >= 0.6 is 11.6 Å². The molecule has 5 nitrogen and oxygen atoms in total. The van der Waals surface area contributed by atoms with Crippen LogP contribution in [0.5, 0.6) is 0 Å². The summed E-state index contributed by atoms with van der Waals surface area (Å²) in [5, 5.41) is 8.70. The van der Waals surface area contributed by atoms with Gasteiger partial charge in [0.15, 0.2) is 0 Å². The molecule has 0 aliphatic rings. The Balaban J connectivity index is 2.81. The topological polar surface area (TPSA) is 78.7 Å². The highest BCUT2D eigenvalue weighted by Gasteiger charge is 2.12. The van der Waals surface area contributed by atoms with Gasteiger partial charge in [-0.15, -0.1) is 0 Å². The maximum Gasteiger partial charge on any atom is 0.334 e. The zero-order valence-corrected chi connectivity index (χ0v) is 10.5. The van der Waals surface area contributed by atoms with Crippen LogP contribution in [-0.2, 0) is 0 Å². The molecule has 7 heteroatoms. The number of H-pyrrole nitrogens is 1. The van der Waals surface area contributed by atoms with Gasteiger partial charge in [0.25, 0.3) is 5.56 Å². The van der Waals surface area contributed by atoms with Gasteiger partial charge in [0.2, 0.25) is 0 Å². The number of nitrogens with one attached hydrogen (secondary N) is 1. The van der Waals surface area contributed by atoms with E-state index in [9.17, 15) is 14.0 Å². The second-order valence-corrected chi connectivity index (χ2v) is 4.16. The minimum absolute atomic E-state index is 0.0473. The van der Waals surface area contributed by atoms with Gasteiger partial charge < -0.3 is 0 Å². The van der Waals surface area contributed by atoms with E-state index in [1.807, 2.05) is 0 Å². The van der Waals surface area contributed by atoms with Gasteiger partial charge in [-0.25, -0.2) is 13.8 Å². The summed E-state index contributed by atoms with van der Waals surface area (Å²) in [5.74, 6) is -0.721. The molecule has 96 valence electrons. The van der Waals surface area contributed by atoms with E-state index in [0.29, 0.717) is 0 Å². The predicted octanol–water partition coefficient (Wildman–Crippen LogP) is 1.50. The monoisotopic (exact) mass is 279 g/mol. The molecule has 0 amide bonds. The summed E-state index contributed by atoms with van der Waals surface area (Å²) in [5.41, 5.74) is -1.37. The standard InChI is InChI=1S/C12H7ClFN3O2/c1-6-10(13)16-12(19)17(11(6)18)8-2-3-9(14)7(4-8)5-15/h2-4H,1H3,(H,16,19). The molecule has 2 aromatic rings. The third-order valence-corrected chi connectivity index (χ3v) is 2.98. The lowest BCUT2D eigenvalue weighted by Crippen LogP contribution is -2.35. The number of nitrogens with zero attached hydrogens (tertiary/aromatic N) is 2. The first kappa shape index (κ1) is 13.1. The number of aromatic nitrogens is 2. The first-order chi connectivity index (χ1) is 8.95. The van der Waals surface area contributed by atoms with Crippen molar-refractivity contribution < 1.29 is 4.39 Å². The van der Waals surface area contributed by atoms with Crippen LogP contribution in [0.3, 0.4) is 0 Å². The average molecular weight is 280 g/mol. The minimum atomic E-state index is -0.754. The molecule has 1 aromatic carbocycles. The third kappa shape index (κ3) is 2.16. The second-order valence-electron chi connectivity index (χ2n) is 3.79. The van der Waals surface area contributed by atoms with Crippen LogP contribution < -0.4 is 11.2 Å². The summed E-state index contributed by atoms with van der Waals surface area (Å²) in [6, 6.07) is 5.02. The number of hydrogen-bond acceptors (Lipinski definition) is 3. The van der Waals surface area contributed by atoms with E-state index in [0.717, 1.165) is 16.7 Å². The Morgan fingerprint density at radius 3 is 2.74 bits per heavy atom. The van der Waals surface area contributed by atoms with Gasteiger partial charge in [-0.05, 0) is 25.1 Å². The molecule has 0 radical (unpaired) electrons. The molecule has 1 aromatic heterocycles. The van der Waals surface area contributed by atoms with Gasteiger partial charge in [-0.1, -0.05) is 11.6 Å². The van der Waals surface area contributed by atoms with E-state index >= 15 is 0 Å². The fraction of sp³-hybridized carbons (Fsp3) is 0.0833. The Labute approximate surface area is 111 Å². The molecule has 2 rings (SSSR count). The van der Waals surface area contributed by atoms with Crippen LogP contribution in [0.4, 0.5) is 4.39 Å². The zero-order chi connectivity index (χ0) is 14.2. The quantitative estimate of drug-likeness (QED) is 0.804. The summed E-state index contributed by atoms with van der Waals surface area (Å²) >= 11 is 5.68. The van der Waals surface area contributed by atoms with Crippen LogP contribution in [0.25, 0.3) is 5.69 Å². The fourth-order valence-corrected chi connectivity index (χ4v) is 1.73. The zero-order valence-electron chi connectivity index (χ0n) is 9.70. The van der Waals surface area contributed by atoms with Crippen molar-refractivity contribution in [1.29, 1.82) is 5.26 Å². The molecule has 0 saturated heterocycles. The van der Waals surface area contributed by atoms with Crippen molar-refractivity contribution >= 4 is 11.6 Å². The number of hydrogen-bond donors (Lipinski definition) is 1. The second kappa shape index (κ2) is 4.71. The SMILES string of the molecule is Cc1c(Cl)[nH]c(=O)n(-c2ccc(F)c(C#N)c2)c1=O. The summed E-state index contributed by atoms with van der Waals surface area (Å²) in [7, 11) is 0. The summed E-state index contributed by atoms with van der Waals surface area (Å²) < 4.78 is 14.0. The molecule has 0 atom stereocenters. The number of aromatic amines is 1. The minimum Gasteiger partial charge on any atom is -0.297 e. The highest BCUT2D eigenvalue weighted by atomic mass is 35.5. The number of halogens is 2. The molecule has 0 bridgehead atoms. The molecule has 0 aliphatic carbocycles. The lowest BCUT2D eigenvalue weighted by atomic mass is 10.2. The maximum absolute atomic E-state index is 13.2. The molecular weight excluding hydrogens is 273 g/mol. The Bertz CT molecular complexity index is 817. The third-order valence-electron chi connectivity index (χ3n) is 2.60. The van der Waals surface area contributed by atoms with Gasteiger partial charge in [-0.2, -0.15) is 5.26 Å². The van der Waals surface area contributed by atoms with Gasteiger partial charge in [0.1, 0.15) is 17.0 Å². The Morgan fingerprint density at radius 1 is 1.42 bits per heavy atom. The molecular formula is C12H7ClFN3O2. The van der Waals surface area contributed by atoms with Crippen molar-refractivity contribution in [2.75, 3.05) is 0 Å². The Kier molecular flexibility index (Phi) is 3.23. The van der Waals surface area contributed by atoms with Gasteiger partial charge >= 0.3 is 5.69 Å². The van der Waals surface area contributed by atoms with Crippen molar-refractivity contribution in [2.45, 2.75) is 6.92 Å². The van der Waals surface area contributed by atoms with Crippen LogP contribution in [0.15, 0.2) is 27.8 Å². The molecule has 1 heterocycles. The van der Waals surface area contributed by atoms with Gasteiger partial charge in [-0.3, -0.25) is 9.78 Å². The summed E-state index contributed by atoms with van der Waals surface area (Å²) in [6.45, 7) is 1.45. The largest absolute Gasteiger partial charge is 0.334 e. The molecule has 0 aliphatic heterocycles. The van der Waals surface area contributed by atoms with E-state index in [2.05, 4.69) is 4.98 Å². The van der Waals surface area contributed by atoms with Crippen molar-refractivity contribution in [3.05, 3.63) is 61.1 Å². The normalized spacial score (nSPS) is 10.2. The molecule has 0 fully saturated rings. The molecule has 0 saturated carbocycles. The first-order valence-corrected chi connectivity index (χ1v) is 5.55. The van der Waals surface area contributed by atoms with Crippen LogP contribution in [-0.4, -0.2) is 9.55 Å².